The maximum absolute atomic E-state index is 15.8. The summed E-state index contributed by atoms with van der Waals surface area (Å²) in [5, 5.41) is 15.0. The van der Waals surface area contributed by atoms with Crippen LogP contribution in [0.15, 0.2) is 103 Å². The van der Waals surface area contributed by atoms with E-state index in [2.05, 4.69) is 34.5 Å². The summed E-state index contributed by atoms with van der Waals surface area (Å²) < 4.78 is 15.8. The molecule has 0 saturated carbocycles. The van der Waals surface area contributed by atoms with Gasteiger partial charge in [0.2, 0.25) is 0 Å². The van der Waals surface area contributed by atoms with Crippen molar-refractivity contribution in [3.05, 3.63) is 137 Å². The summed E-state index contributed by atoms with van der Waals surface area (Å²) in [6.45, 7) is 3.08. The van der Waals surface area contributed by atoms with Gasteiger partial charge in [0.1, 0.15) is 5.82 Å². The molecule has 0 saturated heterocycles. The molecule has 1 atom stereocenters. The van der Waals surface area contributed by atoms with Crippen molar-refractivity contribution in [2.45, 2.75) is 32.4 Å². The fraction of sp³-hybridized carbons (Fsp3) is 0.167. The molecule has 42 heavy (non-hydrogen) atoms. The lowest BCUT2D eigenvalue weighted by molar-refractivity contribution is 0.0697. The summed E-state index contributed by atoms with van der Waals surface area (Å²) >= 11 is 0. The molecule has 5 nitrogen and oxygen atoms in total. The minimum Gasteiger partial charge on any atom is -0.478 e. The van der Waals surface area contributed by atoms with Crippen LogP contribution in [-0.2, 0) is 13.0 Å². The number of amides is 1. The number of anilines is 1. The van der Waals surface area contributed by atoms with Crippen LogP contribution in [0, 0.1) is 5.82 Å². The Hall–Kier alpha value is -4.97. The van der Waals surface area contributed by atoms with Crippen molar-refractivity contribution >= 4 is 28.3 Å². The van der Waals surface area contributed by atoms with Gasteiger partial charge in [-0.15, -0.1) is 0 Å². The molecule has 0 aromatic heterocycles. The summed E-state index contributed by atoms with van der Waals surface area (Å²) in [5.41, 5.74) is 4.87. The fourth-order valence-corrected chi connectivity index (χ4v) is 5.84. The summed E-state index contributed by atoms with van der Waals surface area (Å²) in [6.07, 6.45) is 1.72. The zero-order valence-corrected chi connectivity index (χ0v) is 23.3. The first-order valence-corrected chi connectivity index (χ1v) is 14.2. The quantitative estimate of drug-likeness (QED) is 0.214. The number of halogens is 1. The van der Waals surface area contributed by atoms with E-state index in [1.54, 1.807) is 36.4 Å². The van der Waals surface area contributed by atoms with Gasteiger partial charge in [0.15, 0.2) is 0 Å². The van der Waals surface area contributed by atoms with Gasteiger partial charge in [-0.3, -0.25) is 4.79 Å². The van der Waals surface area contributed by atoms with Crippen LogP contribution in [0.25, 0.3) is 21.9 Å². The molecule has 1 heterocycles. The van der Waals surface area contributed by atoms with Gasteiger partial charge in [0.25, 0.3) is 5.91 Å². The molecular weight excluding hydrogens is 527 g/mol. The van der Waals surface area contributed by atoms with Crippen LogP contribution >= 0.6 is 0 Å². The van der Waals surface area contributed by atoms with Gasteiger partial charge in [-0.2, -0.15) is 0 Å². The summed E-state index contributed by atoms with van der Waals surface area (Å²) in [6, 6.07) is 31.6. The van der Waals surface area contributed by atoms with Crippen molar-refractivity contribution in [3.8, 4) is 11.1 Å². The van der Waals surface area contributed by atoms with E-state index in [0.717, 1.165) is 47.0 Å². The standard InChI is InChI=1S/C36H31FN2O3/c1-23(25-16-15-24-8-2-3-9-26(24)20-25)38-35(40)28-17-18-33-27(21-28)11-7-19-39(33)22-29-10-6-14-31(34(29)37)30-12-4-5-13-32(30)36(41)42/h2-6,8-10,12-18,20-21,23H,7,11,19,22H2,1H3,(H,38,40)(H,41,42). The number of carboxylic acids is 1. The minimum absolute atomic E-state index is 0.0672. The van der Waals surface area contributed by atoms with Crippen LogP contribution in [0.5, 0.6) is 0 Å². The highest BCUT2D eigenvalue weighted by Crippen LogP contribution is 2.33. The van der Waals surface area contributed by atoms with Crippen LogP contribution in [0.4, 0.5) is 10.1 Å². The van der Waals surface area contributed by atoms with E-state index in [9.17, 15) is 14.7 Å². The summed E-state index contributed by atoms with van der Waals surface area (Å²) in [4.78, 5) is 27.1. The number of hydrogen-bond donors (Lipinski definition) is 2. The van der Waals surface area contributed by atoms with Gasteiger partial charge < -0.3 is 15.3 Å². The lowest BCUT2D eigenvalue weighted by Crippen LogP contribution is -2.30. The first-order valence-electron chi connectivity index (χ1n) is 14.2. The van der Waals surface area contributed by atoms with Gasteiger partial charge in [-0.25, -0.2) is 9.18 Å². The second-order valence-electron chi connectivity index (χ2n) is 10.8. The van der Waals surface area contributed by atoms with Crippen molar-refractivity contribution < 1.29 is 19.1 Å². The van der Waals surface area contributed by atoms with E-state index in [0.29, 0.717) is 23.2 Å². The predicted molar refractivity (Wildman–Crippen MR) is 164 cm³/mol. The molecule has 1 aliphatic heterocycles. The molecule has 0 fully saturated rings. The molecule has 1 amide bonds. The molecule has 0 radical (unpaired) electrons. The lowest BCUT2D eigenvalue weighted by atomic mass is 9.95. The van der Waals surface area contributed by atoms with Crippen molar-refractivity contribution in [2.24, 2.45) is 0 Å². The average Bonchev–Trinajstić information content (AvgIpc) is 3.01. The van der Waals surface area contributed by atoms with Crippen molar-refractivity contribution in [1.29, 1.82) is 0 Å². The fourth-order valence-electron chi connectivity index (χ4n) is 5.84. The highest BCUT2D eigenvalue weighted by atomic mass is 19.1. The zero-order chi connectivity index (χ0) is 29.2. The number of hydrogen-bond acceptors (Lipinski definition) is 3. The number of fused-ring (bicyclic) bond motifs is 2. The van der Waals surface area contributed by atoms with Crippen molar-refractivity contribution in [2.75, 3.05) is 11.4 Å². The van der Waals surface area contributed by atoms with Gasteiger partial charge in [-0.1, -0.05) is 72.8 Å². The third-order valence-electron chi connectivity index (χ3n) is 8.07. The number of aryl methyl sites for hydroxylation is 1. The van der Waals surface area contributed by atoms with Crippen molar-refractivity contribution in [1.82, 2.24) is 5.32 Å². The van der Waals surface area contributed by atoms with Gasteiger partial charge in [-0.05, 0) is 77.6 Å². The number of aromatic carboxylic acids is 1. The molecule has 5 aromatic carbocycles. The van der Waals surface area contributed by atoms with E-state index in [4.69, 9.17) is 0 Å². The lowest BCUT2D eigenvalue weighted by Gasteiger charge is -2.32. The molecule has 1 aliphatic rings. The Labute approximate surface area is 244 Å². The smallest absolute Gasteiger partial charge is 0.336 e. The van der Waals surface area contributed by atoms with Crippen molar-refractivity contribution in [3.63, 3.8) is 0 Å². The second kappa shape index (κ2) is 11.5. The Bertz CT molecular complexity index is 1820. The number of carboxylic acid groups (broad SMARTS) is 1. The molecule has 6 rings (SSSR count). The van der Waals surface area contributed by atoms with Crippen LogP contribution in [0.2, 0.25) is 0 Å². The van der Waals surface area contributed by atoms with Gasteiger partial charge in [0.05, 0.1) is 11.6 Å². The Kier molecular flexibility index (Phi) is 7.44. The highest BCUT2D eigenvalue weighted by molar-refractivity contribution is 5.96. The largest absolute Gasteiger partial charge is 0.478 e. The van der Waals surface area contributed by atoms with Crippen LogP contribution < -0.4 is 10.2 Å². The molecule has 2 N–H and O–H groups in total. The number of carbonyl (C=O) groups is 2. The van der Waals surface area contributed by atoms with Crippen LogP contribution in [0.3, 0.4) is 0 Å². The van der Waals surface area contributed by atoms with Crippen LogP contribution in [0.1, 0.15) is 56.8 Å². The maximum atomic E-state index is 15.8. The van der Waals surface area contributed by atoms with E-state index in [1.807, 2.05) is 43.3 Å². The van der Waals surface area contributed by atoms with E-state index in [1.165, 1.54) is 6.07 Å². The molecule has 0 bridgehead atoms. The number of rotatable bonds is 7. The zero-order valence-electron chi connectivity index (χ0n) is 23.3. The SMILES string of the molecule is CC(NC(=O)c1ccc2c(c1)CCCN2Cc1cccc(-c2ccccc2C(=O)O)c1F)c1ccc2ccccc2c1. The van der Waals surface area contributed by atoms with E-state index < -0.39 is 11.8 Å². The molecule has 1 unspecified atom stereocenters. The Morgan fingerprint density at radius 2 is 1.64 bits per heavy atom. The van der Waals surface area contributed by atoms with Crippen LogP contribution in [-0.4, -0.2) is 23.5 Å². The number of carbonyl (C=O) groups excluding carboxylic acids is 1. The normalized spacial score (nSPS) is 13.4. The third-order valence-corrected chi connectivity index (χ3v) is 8.07. The number of nitrogens with one attached hydrogen (secondary N) is 1. The third kappa shape index (κ3) is 5.36. The Balaban J connectivity index is 1.21. The van der Waals surface area contributed by atoms with Gasteiger partial charge >= 0.3 is 5.97 Å². The molecule has 0 spiro atoms. The first-order chi connectivity index (χ1) is 20.4. The number of nitrogens with zero attached hydrogens (tertiary/aromatic N) is 1. The maximum Gasteiger partial charge on any atom is 0.336 e. The molecule has 0 aliphatic carbocycles. The first kappa shape index (κ1) is 27.2. The summed E-state index contributed by atoms with van der Waals surface area (Å²) in [5.74, 6) is -1.64. The average molecular weight is 559 g/mol. The van der Waals surface area contributed by atoms with Gasteiger partial charge in [0, 0.05) is 35.5 Å². The second-order valence-corrected chi connectivity index (χ2v) is 10.8. The molecular formula is C36H31FN2O3. The Morgan fingerprint density at radius 3 is 2.48 bits per heavy atom. The summed E-state index contributed by atoms with van der Waals surface area (Å²) in [7, 11) is 0. The molecule has 6 heteroatoms. The molecule has 210 valence electrons. The topological polar surface area (TPSA) is 69.6 Å². The highest BCUT2D eigenvalue weighted by Gasteiger charge is 2.22. The monoisotopic (exact) mass is 558 g/mol. The minimum atomic E-state index is -1.09. The number of benzene rings is 5. The Morgan fingerprint density at radius 1 is 0.881 bits per heavy atom. The van der Waals surface area contributed by atoms with E-state index >= 15 is 4.39 Å². The predicted octanol–water partition coefficient (Wildman–Crippen LogP) is 7.79. The molecule has 5 aromatic rings. The van der Waals surface area contributed by atoms with E-state index in [-0.39, 0.29) is 23.1 Å².